The van der Waals surface area contributed by atoms with Crippen LogP contribution in [0.5, 0.6) is 0 Å². The zero-order chi connectivity index (χ0) is 27.7. The molecule has 0 aliphatic rings. The smallest absolute Gasteiger partial charge is 0.322 e. The number of nitrogens with one attached hydrogen (secondary N) is 3. The van der Waals surface area contributed by atoms with Gasteiger partial charge in [0.05, 0.1) is 23.8 Å². The first-order chi connectivity index (χ1) is 18.1. The van der Waals surface area contributed by atoms with Crippen molar-refractivity contribution in [2.45, 2.75) is 31.2 Å². The lowest BCUT2D eigenvalue weighted by Gasteiger charge is -2.23. The van der Waals surface area contributed by atoms with E-state index in [4.69, 9.17) is 9.47 Å². The van der Waals surface area contributed by atoms with Crippen molar-refractivity contribution in [3.05, 3.63) is 66.2 Å². The zero-order valence-corrected chi connectivity index (χ0v) is 23.3. The molecule has 0 aliphatic carbocycles. The van der Waals surface area contributed by atoms with Gasteiger partial charge in [0.2, 0.25) is 0 Å². The SMILES string of the molecule is COCCN(CCOC)C(=O)Nc1cccc2c(S(=O)Nc3ccc(C(=O)NC(C)(C)C)cc3)cccc12. The number of benzene rings is 3. The third-order valence-corrected chi connectivity index (χ3v) is 6.76. The van der Waals surface area contributed by atoms with E-state index in [-0.39, 0.29) is 17.5 Å². The summed E-state index contributed by atoms with van der Waals surface area (Å²) in [5.74, 6) is -0.170. The fraction of sp³-hybridized carbons (Fsp3) is 0.357. The van der Waals surface area contributed by atoms with Gasteiger partial charge in [-0.2, -0.15) is 0 Å². The molecule has 0 heterocycles. The van der Waals surface area contributed by atoms with Crippen molar-refractivity contribution in [3.8, 4) is 0 Å². The van der Waals surface area contributed by atoms with E-state index < -0.39 is 11.0 Å². The molecule has 1 atom stereocenters. The number of hydrogen-bond acceptors (Lipinski definition) is 5. The molecule has 38 heavy (non-hydrogen) atoms. The number of methoxy groups -OCH3 is 2. The number of amides is 3. The monoisotopic (exact) mass is 540 g/mol. The van der Waals surface area contributed by atoms with Gasteiger partial charge >= 0.3 is 6.03 Å². The molecule has 9 nitrogen and oxygen atoms in total. The molecule has 0 radical (unpaired) electrons. The van der Waals surface area contributed by atoms with Gasteiger partial charge < -0.3 is 29.7 Å². The number of fused-ring (bicyclic) bond motifs is 1. The van der Waals surface area contributed by atoms with Crippen LogP contribution in [0.2, 0.25) is 0 Å². The van der Waals surface area contributed by atoms with Crippen molar-refractivity contribution in [2.75, 3.05) is 50.6 Å². The molecular weight excluding hydrogens is 504 g/mol. The lowest BCUT2D eigenvalue weighted by atomic mass is 10.1. The molecule has 0 aromatic heterocycles. The summed E-state index contributed by atoms with van der Waals surface area (Å²) in [6.07, 6.45) is 0. The number of carbonyl (C=O) groups is 2. The van der Waals surface area contributed by atoms with Crippen LogP contribution in [0.25, 0.3) is 10.8 Å². The van der Waals surface area contributed by atoms with E-state index >= 15 is 0 Å². The van der Waals surface area contributed by atoms with Crippen LogP contribution in [-0.4, -0.2) is 67.1 Å². The molecule has 0 spiro atoms. The largest absolute Gasteiger partial charge is 0.383 e. The minimum Gasteiger partial charge on any atom is -0.383 e. The predicted octanol–water partition coefficient (Wildman–Crippen LogP) is 4.63. The average Bonchev–Trinajstić information content (AvgIpc) is 2.88. The Balaban J connectivity index is 1.78. The third kappa shape index (κ3) is 8.01. The van der Waals surface area contributed by atoms with Crippen LogP contribution in [0.1, 0.15) is 31.1 Å². The van der Waals surface area contributed by atoms with Gasteiger partial charge in [0.15, 0.2) is 11.0 Å². The van der Waals surface area contributed by atoms with Gasteiger partial charge in [-0.15, -0.1) is 0 Å². The molecular formula is C28H36N4O5S. The normalized spacial score (nSPS) is 12.1. The number of urea groups is 1. The quantitative estimate of drug-likeness (QED) is 0.329. The van der Waals surface area contributed by atoms with E-state index in [1.165, 1.54) is 0 Å². The van der Waals surface area contributed by atoms with E-state index in [9.17, 15) is 13.8 Å². The molecule has 3 aromatic carbocycles. The maximum Gasteiger partial charge on any atom is 0.322 e. The summed E-state index contributed by atoms with van der Waals surface area (Å²) >= 11 is 0. The third-order valence-electron chi connectivity index (χ3n) is 5.59. The summed E-state index contributed by atoms with van der Waals surface area (Å²) in [7, 11) is 1.59. The minimum absolute atomic E-state index is 0.170. The van der Waals surface area contributed by atoms with Crippen LogP contribution < -0.4 is 15.4 Å². The minimum atomic E-state index is -1.59. The fourth-order valence-corrected chi connectivity index (χ4v) is 4.77. The Bertz CT molecular complexity index is 1270. The summed E-state index contributed by atoms with van der Waals surface area (Å²) in [6.45, 7) is 7.42. The molecule has 0 aliphatic heterocycles. The molecule has 0 saturated heterocycles. The second-order valence-corrected chi connectivity index (χ2v) is 10.9. The number of anilines is 2. The lowest BCUT2D eigenvalue weighted by Crippen LogP contribution is -2.40. The second-order valence-electron chi connectivity index (χ2n) is 9.71. The number of nitrogens with zero attached hydrogens (tertiary/aromatic N) is 1. The molecule has 0 saturated carbocycles. The van der Waals surface area contributed by atoms with Crippen LogP contribution in [-0.2, 0) is 20.5 Å². The Morgan fingerprint density at radius 2 is 1.47 bits per heavy atom. The van der Waals surface area contributed by atoms with Gasteiger partial charge in [0, 0.05) is 54.9 Å². The van der Waals surface area contributed by atoms with Crippen LogP contribution in [0.15, 0.2) is 65.6 Å². The van der Waals surface area contributed by atoms with E-state index in [0.717, 1.165) is 10.8 Å². The molecule has 0 fully saturated rings. The van der Waals surface area contributed by atoms with Crippen molar-refractivity contribution in [3.63, 3.8) is 0 Å². The van der Waals surface area contributed by atoms with Crippen LogP contribution >= 0.6 is 0 Å². The Kier molecular flexibility index (Phi) is 10.2. The van der Waals surface area contributed by atoms with Crippen molar-refractivity contribution < 1.29 is 23.3 Å². The molecule has 10 heteroatoms. The summed E-state index contributed by atoms with van der Waals surface area (Å²) in [6, 6.07) is 17.5. The molecule has 1 unspecified atom stereocenters. The molecule has 3 aromatic rings. The van der Waals surface area contributed by atoms with Crippen molar-refractivity contribution in [2.24, 2.45) is 0 Å². The Morgan fingerprint density at radius 1 is 0.868 bits per heavy atom. The van der Waals surface area contributed by atoms with E-state index in [1.807, 2.05) is 45.0 Å². The standard InChI is InChI=1S/C28H36N4O5S/c1-28(2,3)30-26(33)20-12-14-21(15-13-20)31-38(35)25-11-7-8-22-23(25)9-6-10-24(22)29-27(34)32(16-18-36-4)17-19-37-5/h6-15,31H,16-19H2,1-5H3,(H,29,34)(H,30,33). The highest BCUT2D eigenvalue weighted by molar-refractivity contribution is 7.86. The van der Waals surface area contributed by atoms with Crippen molar-refractivity contribution in [1.29, 1.82) is 0 Å². The zero-order valence-electron chi connectivity index (χ0n) is 22.5. The first kappa shape index (κ1) is 29.1. The second kappa shape index (κ2) is 13.4. The van der Waals surface area contributed by atoms with Crippen LogP contribution in [0.4, 0.5) is 16.2 Å². The molecule has 204 valence electrons. The van der Waals surface area contributed by atoms with Crippen molar-refractivity contribution >= 4 is 45.1 Å². The Labute approximate surface area is 226 Å². The summed E-state index contributed by atoms with van der Waals surface area (Å²) in [4.78, 5) is 27.6. The van der Waals surface area contributed by atoms with Crippen LogP contribution in [0, 0.1) is 0 Å². The molecule has 3 rings (SSSR count). The Morgan fingerprint density at radius 3 is 2.08 bits per heavy atom. The summed E-state index contributed by atoms with van der Waals surface area (Å²) in [5.41, 5.74) is 1.41. The summed E-state index contributed by atoms with van der Waals surface area (Å²) in [5, 5.41) is 7.41. The fourth-order valence-electron chi connectivity index (χ4n) is 3.73. The van der Waals surface area contributed by atoms with Gasteiger partial charge in [-0.3, -0.25) is 4.79 Å². The Hall–Kier alpha value is -3.47. The van der Waals surface area contributed by atoms with Crippen LogP contribution in [0.3, 0.4) is 0 Å². The molecule has 0 bridgehead atoms. The van der Waals surface area contributed by atoms with E-state index in [2.05, 4.69) is 15.4 Å². The van der Waals surface area contributed by atoms with Gasteiger partial charge in [0.25, 0.3) is 5.91 Å². The van der Waals surface area contributed by atoms with E-state index in [1.54, 1.807) is 55.5 Å². The average molecular weight is 541 g/mol. The van der Waals surface area contributed by atoms with Crippen molar-refractivity contribution in [1.82, 2.24) is 10.2 Å². The highest BCUT2D eigenvalue weighted by Gasteiger charge is 2.17. The highest BCUT2D eigenvalue weighted by Crippen LogP contribution is 2.29. The van der Waals surface area contributed by atoms with Gasteiger partial charge in [-0.1, -0.05) is 24.3 Å². The van der Waals surface area contributed by atoms with E-state index in [0.29, 0.717) is 48.1 Å². The lowest BCUT2D eigenvalue weighted by molar-refractivity contribution is 0.0919. The topological polar surface area (TPSA) is 109 Å². The number of rotatable bonds is 11. The number of hydrogen-bond donors (Lipinski definition) is 3. The first-order valence-electron chi connectivity index (χ1n) is 12.3. The van der Waals surface area contributed by atoms with Gasteiger partial charge in [-0.05, 0) is 57.2 Å². The molecule has 3 N–H and O–H groups in total. The summed E-state index contributed by atoms with van der Waals surface area (Å²) < 4.78 is 26.6. The van der Waals surface area contributed by atoms with Gasteiger partial charge in [-0.25, -0.2) is 9.00 Å². The first-order valence-corrected chi connectivity index (χ1v) is 13.4. The maximum absolute atomic E-state index is 13.3. The number of carbonyl (C=O) groups excluding carboxylic acids is 2. The van der Waals surface area contributed by atoms with Gasteiger partial charge in [0.1, 0.15) is 0 Å². The highest BCUT2D eigenvalue weighted by atomic mass is 32.2. The number of ether oxygens (including phenoxy) is 2. The maximum atomic E-state index is 13.3. The predicted molar refractivity (Wildman–Crippen MR) is 152 cm³/mol. The molecule has 3 amide bonds.